The Morgan fingerprint density at radius 3 is 2.39 bits per heavy atom. The molecule has 5 nitrogen and oxygen atoms in total. The van der Waals surface area contributed by atoms with E-state index in [1.54, 1.807) is 13.2 Å². The maximum absolute atomic E-state index is 9.94. The number of halogens is 2. The van der Waals surface area contributed by atoms with Gasteiger partial charge in [-0.15, -0.1) is 29.4 Å². The second-order valence-corrected chi connectivity index (χ2v) is 10.7. The van der Waals surface area contributed by atoms with Gasteiger partial charge >= 0.3 is 0 Å². The van der Waals surface area contributed by atoms with Crippen molar-refractivity contribution in [3.63, 3.8) is 0 Å². The summed E-state index contributed by atoms with van der Waals surface area (Å²) in [5.74, 6) is 2.50. The number of aromatic hydroxyl groups is 2. The van der Waals surface area contributed by atoms with Crippen LogP contribution in [-0.4, -0.2) is 54.4 Å². The average Bonchev–Trinajstić information content (AvgIpc) is 2.86. The van der Waals surface area contributed by atoms with E-state index in [1.165, 1.54) is 67.4 Å². The van der Waals surface area contributed by atoms with Crippen LogP contribution in [0.1, 0.15) is 78.2 Å². The summed E-state index contributed by atoms with van der Waals surface area (Å²) < 4.78 is 5.60. The third-order valence-electron chi connectivity index (χ3n) is 8.83. The maximum atomic E-state index is 9.94. The number of likely N-dealkylation sites (N-methyl/N-ethyl adjacent to an activating group) is 1. The Hall–Kier alpha value is -1.47. The molecule has 0 unspecified atom stereocenters. The number of piperidine rings is 2. The number of methoxy groups -OCH3 is 1. The maximum Gasteiger partial charge on any atom is 0.160 e. The van der Waals surface area contributed by atoms with Crippen molar-refractivity contribution >= 4 is 29.4 Å². The van der Waals surface area contributed by atoms with Crippen molar-refractivity contribution in [2.75, 3.05) is 27.2 Å². The minimum absolute atomic E-state index is 0. The van der Waals surface area contributed by atoms with Gasteiger partial charge < -0.3 is 25.2 Å². The lowest BCUT2D eigenvalue weighted by Crippen LogP contribution is -2.43. The third kappa shape index (κ3) is 5.38. The number of phenols is 2. The molecule has 0 amide bonds. The normalized spacial score (nSPS) is 26.3. The van der Waals surface area contributed by atoms with Gasteiger partial charge in [-0.2, -0.15) is 0 Å². The SMILES string of the molecule is Br.CN1CCC[C@H]2c3ccc(O)c(O)c3CC[C@@H]21.COc1c(C)ccc2c1CC[C@@H]1NCCC[C@@H]21.Cl. The van der Waals surface area contributed by atoms with Gasteiger partial charge in [0, 0.05) is 17.6 Å². The van der Waals surface area contributed by atoms with E-state index >= 15 is 0 Å². The van der Waals surface area contributed by atoms with Crippen LogP contribution in [0.2, 0.25) is 0 Å². The molecule has 4 aliphatic rings. The monoisotopic (exact) mass is 580 g/mol. The minimum atomic E-state index is 0. The summed E-state index contributed by atoms with van der Waals surface area (Å²) in [6.07, 6.45) is 9.44. The van der Waals surface area contributed by atoms with Crippen LogP contribution in [0.15, 0.2) is 24.3 Å². The zero-order chi connectivity index (χ0) is 23.8. The number of hydrogen-bond acceptors (Lipinski definition) is 5. The molecule has 6 rings (SSSR count). The molecule has 2 heterocycles. The minimum Gasteiger partial charge on any atom is -0.504 e. The Morgan fingerprint density at radius 1 is 0.917 bits per heavy atom. The lowest BCUT2D eigenvalue weighted by atomic mass is 9.74. The van der Waals surface area contributed by atoms with Crippen molar-refractivity contribution < 1.29 is 14.9 Å². The largest absolute Gasteiger partial charge is 0.504 e. The van der Waals surface area contributed by atoms with Crippen LogP contribution in [0.4, 0.5) is 0 Å². The Morgan fingerprint density at radius 2 is 1.61 bits per heavy atom. The zero-order valence-corrected chi connectivity index (χ0v) is 24.3. The van der Waals surface area contributed by atoms with Crippen molar-refractivity contribution in [1.82, 2.24) is 10.2 Å². The van der Waals surface area contributed by atoms with Crippen LogP contribution in [0.5, 0.6) is 17.2 Å². The number of nitrogens with one attached hydrogen (secondary N) is 1. The van der Waals surface area contributed by atoms with Gasteiger partial charge in [-0.25, -0.2) is 0 Å². The zero-order valence-electron chi connectivity index (χ0n) is 21.8. The van der Waals surface area contributed by atoms with Crippen molar-refractivity contribution in [2.24, 2.45) is 0 Å². The van der Waals surface area contributed by atoms with Gasteiger partial charge in [0.25, 0.3) is 0 Å². The first kappa shape index (κ1) is 29.1. The van der Waals surface area contributed by atoms with E-state index in [9.17, 15) is 10.2 Å². The third-order valence-corrected chi connectivity index (χ3v) is 8.83. The fourth-order valence-corrected chi connectivity index (χ4v) is 7.13. The molecule has 0 radical (unpaired) electrons. The highest BCUT2D eigenvalue weighted by Crippen LogP contribution is 2.45. The molecule has 0 spiro atoms. The number of aryl methyl sites for hydroxylation is 1. The topological polar surface area (TPSA) is 65.0 Å². The highest BCUT2D eigenvalue weighted by Gasteiger charge is 2.36. The summed E-state index contributed by atoms with van der Waals surface area (Å²) in [6, 6.07) is 9.49. The Balaban J connectivity index is 0.000000190. The average molecular weight is 582 g/mol. The van der Waals surface area contributed by atoms with Gasteiger partial charge in [-0.05, 0) is 119 Å². The number of phenolic OH excluding ortho intramolecular Hbond substituents is 2. The van der Waals surface area contributed by atoms with Crippen molar-refractivity contribution in [3.05, 3.63) is 52.1 Å². The van der Waals surface area contributed by atoms with Crippen LogP contribution in [0, 0.1) is 6.92 Å². The molecule has 2 aliphatic heterocycles. The van der Waals surface area contributed by atoms with Gasteiger partial charge in [0.15, 0.2) is 11.5 Å². The number of fused-ring (bicyclic) bond motifs is 6. The van der Waals surface area contributed by atoms with Gasteiger partial charge in [0.05, 0.1) is 7.11 Å². The molecule has 0 bridgehead atoms. The molecule has 2 aliphatic carbocycles. The van der Waals surface area contributed by atoms with Gasteiger partial charge in [-0.3, -0.25) is 0 Å². The standard InChI is InChI=1S/C15H21NO.C14H19NO2.BrH.ClH/c1-10-5-6-11-12-4-3-9-16-14(12)8-7-13(11)15(10)17-2;1-15-8-2-3-10-9-5-7-13(16)14(17)11(9)4-6-12(10)15;;/h5-6,12,14,16H,3-4,7-9H2,1-2H3;5,7,10,12,16-17H,2-4,6,8H2,1H3;2*1H/t12-,14-;10-,12-;;/m00../s1. The molecule has 7 heteroatoms. The van der Waals surface area contributed by atoms with Crippen LogP contribution >= 0.6 is 29.4 Å². The van der Waals surface area contributed by atoms with Crippen LogP contribution in [0.3, 0.4) is 0 Å². The molecule has 2 fully saturated rings. The van der Waals surface area contributed by atoms with Gasteiger partial charge in [-0.1, -0.05) is 18.2 Å². The van der Waals surface area contributed by atoms with E-state index < -0.39 is 0 Å². The number of rotatable bonds is 1. The predicted octanol–water partition coefficient (Wildman–Crippen LogP) is 6.01. The number of nitrogens with zero attached hydrogens (tertiary/aromatic N) is 1. The summed E-state index contributed by atoms with van der Waals surface area (Å²) in [6.45, 7) is 4.52. The molecule has 2 aromatic rings. The lowest BCUT2D eigenvalue weighted by Gasteiger charge is -2.43. The summed E-state index contributed by atoms with van der Waals surface area (Å²) in [4.78, 5) is 2.45. The van der Waals surface area contributed by atoms with Crippen LogP contribution < -0.4 is 10.1 Å². The Bertz CT molecular complexity index is 1050. The van der Waals surface area contributed by atoms with E-state index in [-0.39, 0.29) is 40.9 Å². The summed E-state index contributed by atoms with van der Waals surface area (Å²) >= 11 is 0. The predicted molar refractivity (Wildman–Crippen MR) is 154 cm³/mol. The van der Waals surface area contributed by atoms with E-state index in [0.29, 0.717) is 23.9 Å². The van der Waals surface area contributed by atoms with E-state index in [2.05, 4.69) is 36.3 Å². The van der Waals surface area contributed by atoms with Crippen molar-refractivity contribution in [3.8, 4) is 17.2 Å². The van der Waals surface area contributed by atoms with Crippen molar-refractivity contribution in [2.45, 2.75) is 82.2 Å². The van der Waals surface area contributed by atoms with Crippen LogP contribution in [-0.2, 0) is 12.8 Å². The molecular weight excluding hydrogens is 540 g/mol. The quantitative estimate of drug-likeness (QED) is 0.360. The smallest absolute Gasteiger partial charge is 0.160 e. The second-order valence-electron chi connectivity index (χ2n) is 10.7. The van der Waals surface area contributed by atoms with Gasteiger partial charge in [0.2, 0.25) is 0 Å². The first-order chi connectivity index (χ1) is 16.5. The molecule has 0 saturated carbocycles. The highest BCUT2D eigenvalue weighted by atomic mass is 79.9. The number of likely N-dealkylation sites (tertiary alicyclic amines) is 1. The first-order valence-electron chi connectivity index (χ1n) is 13.1. The van der Waals surface area contributed by atoms with E-state index in [1.807, 2.05) is 6.07 Å². The molecule has 2 aromatic carbocycles. The molecule has 200 valence electrons. The van der Waals surface area contributed by atoms with E-state index in [4.69, 9.17) is 4.74 Å². The molecule has 3 N–H and O–H groups in total. The van der Waals surface area contributed by atoms with E-state index in [0.717, 1.165) is 30.6 Å². The molecule has 0 aromatic heterocycles. The highest BCUT2D eigenvalue weighted by molar-refractivity contribution is 8.93. The lowest BCUT2D eigenvalue weighted by molar-refractivity contribution is 0.143. The summed E-state index contributed by atoms with van der Waals surface area (Å²) in [5, 5.41) is 23.2. The molecule has 4 atom stereocenters. The number of ether oxygens (including phenoxy) is 1. The van der Waals surface area contributed by atoms with Crippen LogP contribution in [0.25, 0.3) is 0 Å². The van der Waals surface area contributed by atoms with Gasteiger partial charge in [0.1, 0.15) is 5.75 Å². The first-order valence-corrected chi connectivity index (χ1v) is 13.1. The fourth-order valence-electron chi connectivity index (χ4n) is 7.13. The Labute approximate surface area is 232 Å². The Kier molecular flexibility index (Phi) is 10.0. The second kappa shape index (κ2) is 12.4. The molecule has 2 saturated heterocycles. The summed E-state index contributed by atoms with van der Waals surface area (Å²) in [5.41, 5.74) is 6.51. The summed E-state index contributed by atoms with van der Waals surface area (Å²) in [7, 11) is 4.00. The van der Waals surface area contributed by atoms with Crippen molar-refractivity contribution in [1.29, 1.82) is 0 Å². The number of hydrogen-bond donors (Lipinski definition) is 3. The molecule has 36 heavy (non-hydrogen) atoms. The number of benzene rings is 2. The molecular formula is C29H42BrClN2O3. The fraction of sp³-hybridized carbons (Fsp3) is 0.586.